The topological polar surface area (TPSA) is 106 Å². The largest absolute Gasteiger partial charge is 0.448 e. The van der Waals surface area contributed by atoms with E-state index in [1.807, 2.05) is 0 Å². The standard InChI is InChI=1S/C10H14N4O3/c1-12-8-2-3-13-6-7(8)9(15)14-4-5-17-10(11)16/h2-3,6H,4-5H2,1H3,(H2,11,16)(H,12,13)(H,14,15). The molecule has 7 nitrogen and oxygen atoms in total. The Kier molecular flexibility index (Phi) is 4.74. The van der Waals surface area contributed by atoms with Gasteiger partial charge in [-0.25, -0.2) is 4.79 Å². The van der Waals surface area contributed by atoms with Gasteiger partial charge in [-0.3, -0.25) is 9.78 Å². The summed E-state index contributed by atoms with van der Waals surface area (Å²) in [6, 6.07) is 1.69. The maximum Gasteiger partial charge on any atom is 0.404 e. The molecule has 1 heterocycles. The lowest BCUT2D eigenvalue weighted by atomic mass is 10.2. The normalized spacial score (nSPS) is 9.47. The van der Waals surface area contributed by atoms with Crippen molar-refractivity contribution in [1.29, 1.82) is 0 Å². The molecule has 0 spiro atoms. The van der Waals surface area contributed by atoms with Crippen LogP contribution in [0.25, 0.3) is 0 Å². The second-order valence-corrected chi connectivity index (χ2v) is 3.09. The number of pyridine rings is 1. The summed E-state index contributed by atoms with van der Waals surface area (Å²) in [6.07, 6.45) is 2.17. The van der Waals surface area contributed by atoms with Crippen LogP contribution in [-0.4, -0.2) is 37.2 Å². The van der Waals surface area contributed by atoms with Crippen LogP contribution in [0, 0.1) is 0 Å². The van der Waals surface area contributed by atoms with Crippen LogP contribution >= 0.6 is 0 Å². The van der Waals surface area contributed by atoms with Crippen LogP contribution in [0.5, 0.6) is 0 Å². The number of amides is 2. The molecule has 0 aliphatic carbocycles. The first-order chi connectivity index (χ1) is 8.15. The number of primary amides is 1. The smallest absolute Gasteiger partial charge is 0.404 e. The molecule has 7 heteroatoms. The van der Waals surface area contributed by atoms with E-state index in [1.165, 1.54) is 6.20 Å². The zero-order valence-electron chi connectivity index (χ0n) is 9.40. The van der Waals surface area contributed by atoms with Crippen molar-refractivity contribution in [1.82, 2.24) is 10.3 Å². The highest BCUT2D eigenvalue weighted by Crippen LogP contribution is 2.11. The number of ether oxygens (including phenoxy) is 1. The van der Waals surface area contributed by atoms with E-state index in [0.29, 0.717) is 11.3 Å². The fourth-order valence-electron chi connectivity index (χ4n) is 1.20. The monoisotopic (exact) mass is 238 g/mol. The van der Waals surface area contributed by atoms with Crippen LogP contribution in [0.2, 0.25) is 0 Å². The maximum atomic E-state index is 11.7. The SMILES string of the molecule is CNc1ccncc1C(=O)NCCOC(N)=O. The molecule has 0 saturated carbocycles. The summed E-state index contributed by atoms with van der Waals surface area (Å²) < 4.78 is 4.48. The minimum atomic E-state index is -0.864. The number of hydrogen-bond donors (Lipinski definition) is 3. The molecule has 0 aliphatic heterocycles. The van der Waals surface area contributed by atoms with Crippen molar-refractivity contribution in [2.24, 2.45) is 5.73 Å². The van der Waals surface area contributed by atoms with Crippen molar-refractivity contribution in [3.8, 4) is 0 Å². The number of nitrogens with two attached hydrogens (primary N) is 1. The van der Waals surface area contributed by atoms with E-state index in [0.717, 1.165) is 0 Å². The second kappa shape index (κ2) is 6.31. The van der Waals surface area contributed by atoms with Crippen LogP contribution in [0.3, 0.4) is 0 Å². The van der Waals surface area contributed by atoms with E-state index >= 15 is 0 Å². The summed E-state index contributed by atoms with van der Waals surface area (Å²) in [4.78, 5) is 25.9. The second-order valence-electron chi connectivity index (χ2n) is 3.09. The minimum absolute atomic E-state index is 0.0379. The Bertz CT molecular complexity index is 408. The molecule has 0 unspecified atom stereocenters. The third-order valence-electron chi connectivity index (χ3n) is 1.97. The molecule has 17 heavy (non-hydrogen) atoms. The molecule has 1 aromatic rings. The molecule has 0 atom stereocenters. The summed E-state index contributed by atoms with van der Waals surface area (Å²) in [5, 5.41) is 5.46. The number of rotatable bonds is 5. The van der Waals surface area contributed by atoms with Crippen molar-refractivity contribution in [3.05, 3.63) is 24.0 Å². The van der Waals surface area contributed by atoms with Gasteiger partial charge in [0, 0.05) is 25.1 Å². The van der Waals surface area contributed by atoms with Gasteiger partial charge in [0.1, 0.15) is 6.61 Å². The molecule has 0 fully saturated rings. The lowest BCUT2D eigenvalue weighted by Gasteiger charge is -2.08. The van der Waals surface area contributed by atoms with E-state index < -0.39 is 6.09 Å². The fourth-order valence-corrected chi connectivity index (χ4v) is 1.20. The molecular weight excluding hydrogens is 224 g/mol. The van der Waals surface area contributed by atoms with Crippen molar-refractivity contribution in [2.45, 2.75) is 0 Å². The van der Waals surface area contributed by atoms with Gasteiger partial charge in [0.2, 0.25) is 0 Å². The van der Waals surface area contributed by atoms with Gasteiger partial charge < -0.3 is 21.1 Å². The molecule has 0 bridgehead atoms. The Morgan fingerprint density at radius 3 is 2.94 bits per heavy atom. The highest BCUT2D eigenvalue weighted by atomic mass is 16.5. The molecule has 2 amide bonds. The fraction of sp³-hybridized carbons (Fsp3) is 0.300. The Morgan fingerprint density at radius 1 is 1.53 bits per heavy atom. The Hall–Kier alpha value is -2.31. The number of carbonyl (C=O) groups excluding carboxylic acids is 2. The van der Waals surface area contributed by atoms with Crippen LogP contribution in [0.1, 0.15) is 10.4 Å². The summed E-state index contributed by atoms with van der Waals surface area (Å²) in [5.74, 6) is -0.296. The van der Waals surface area contributed by atoms with E-state index in [1.54, 1.807) is 19.3 Å². The maximum absolute atomic E-state index is 11.7. The molecule has 1 aromatic heterocycles. The predicted molar refractivity (Wildman–Crippen MR) is 61.7 cm³/mol. The van der Waals surface area contributed by atoms with Gasteiger partial charge in [-0.05, 0) is 6.07 Å². The summed E-state index contributed by atoms with van der Waals surface area (Å²) in [7, 11) is 1.71. The van der Waals surface area contributed by atoms with Gasteiger partial charge in [0.05, 0.1) is 12.1 Å². The first-order valence-corrected chi connectivity index (χ1v) is 4.97. The van der Waals surface area contributed by atoms with Crippen molar-refractivity contribution in [3.63, 3.8) is 0 Å². The molecule has 92 valence electrons. The van der Waals surface area contributed by atoms with Crippen molar-refractivity contribution in [2.75, 3.05) is 25.5 Å². The minimum Gasteiger partial charge on any atom is -0.448 e. The number of anilines is 1. The lowest BCUT2D eigenvalue weighted by Crippen LogP contribution is -2.29. The number of hydrogen-bond acceptors (Lipinski definition) is 5. The first-order valence-electron chi connectivity index (χ1n) is 4.97. The van der Waals surface area contributed by atoms with E-state index in [4.69, 9.17) is 5.73 Å². The summed E-state index contributed by atoms with van der Waals surface area (Å²) >= 11 is 0. The molecular formula is C10H14N4O3. The van der Waals surface area contributed by atoms with Gasteiger partial charge >= 0.3 is 6.09 Å². The van der Waals surface area contributed by atoms with E-state index in [9.17, 15) is 9.59 Å². The molecule has 4 N–H and O–H groups in total. The van der Waals surface area contributed by atoms with Crippen LogP contribution in [0.4, 0.5) is 10.5 Å². The zero-order valence-corrected chi connectivity index (χ0v) is 9.40. The predicted octanol–water partition coefficient (Wildman–Crippen LogP) is -0.0516. The van der Waals surface area contributed by atoms with E-state index in [-0.39, 0.29) is 19.1 Å². The van der Waals surface area contributed by atoms with Gasteiger partial charge in [-0.15, -0.1) is 0 Å². The number of nitrogens with one attached hydrogen (secondary N) is 2. The summed E-state index contributed by atoms with van der Waals surface area (Å²) in [5.41, 5.74) is 5.87. The quantitative estimate of drug-likeness (QED) is 0.623. The van der Waals surface area contributed by atoms with Gasteiger partial charge in [-0.2, -0.15) is 0 Å². The molecule has 1 rings (SSSR count). The highest BCUT2D eigenvalue weighted by Gasteiger charge is 2.09. The zero-order chi connectivity index (χ0) is 12.7. The van der Waals surface area contributed by atoms with Crippen LogP contribution in [0.15, 0.2) is 18.5 Å². The Morgan fingerprint density at radius 2 is 2.29 bits per heavy atom. The average molecular weight is 238 g/mol. The molecule has 0 aromatic carbocycles. The van der Waals surface area contributed by atoms with Crippen LogP contribution in [-0.2, 0) is 4.74 Å². The first kappa shape index (κ1) is 12.8. The van der Waals surface area contributed by atoms with Gasteiger partial charge in [-0.1, -0.05) is 0 Å². The molecule has 0 aliphatic rings. The number of nitrogens with zero attached hydrogens (tertiary/aromatic N) is 1. The lowest BCUT2D eigenvalue weighted by molar-refractivity contribution is 0.0937. The van der Waals surface area contributed by atoms with Crippen molar-refractivity contribution >= 4 is 17.7 Å². The van der Waals surface area contributed by atoms with Crippen molar-refractivity contribution < 1.29 is 14.3 Å². The van der Waals surface area contributed by atoms with Crippen LogP contribution < -0.4 is 16.4 Å². The number of aromatic nitrogens is 1. The molecule has 0 saturated heterocycles. The third kappa shape index (κ3) is 3.98. The summed E-state index contributed by atoms with van der Waals surface area (Å²) in [6.45, 7) is 0.232. The Balaban J connectivity index is 2.49. The van der Waals surface area contributed by atoms with Gasteiger partial charge in [0.15, 0.2) is 0 Å². The number of carbonyl (C=O) groups is 2. The highest BCUT2D eigenvalue weighted by molar-refractivity contribution is 5.99. The Labute approximate surface area is 98.4 Å². The van der Waals surface area contributed by atoms with Gasteiger partial charge in [0.25, 0.3) is 5.91 Å². The third-order valence-corrected chi connectivity index (χ3v) is 1.97. The average Bonchev–Trinajstić information content (AvgIpc) is 2.34. The molecule has 0 radical (unpaired) electrons. The van der Waals surface area contributed by atoms with E-state index in [2.05, 4.69) is 20.4 Å².